The van der Waals surface area contributed by atoms with Gasteiger partial charge >= 0.3 is 5.97 Å². The summed E-state index contributed by atoms with van der Waals surface area (Å²) in [7, 11) is 0. The smallest absolute Gasteiger partial charge is 0.303 e. The van der Waals surface area contributed by atoms with Crippen LogP contribution in [0, 0.1) is 6.92 Å². The van der Waals surface area contributed by atoms with Crippen LogP contribution in [0.2, 0.25) is 0 Å². The number of aryl methyl sites for hydroxylation is 1. The highest BCUT2D eigenvalue weighted by Crippen LogP contribution is 2.19. The monoisotopic (exact) mass is 309 g/mol. The lowest BCUT2D eigenvalue weighted by Crippen LogP contribution is -2.39. The fourth-order valence-corrected chi connectivity index (χ4v) is 2.72. The highest BCUT2D eigenvalue weighted by atomic mass is 32.2. The molecule has 0 heterocycles. The zero-order valence-electron chi connectivity index (χ0n) is 12.8. The van der Waals surface area contributed by atoms with E-state index in [1.54, 1.807) is 4.90 Å². The number of carbonyl (C=O) groups excluding carboxylic acids is 1. The molecule has 0 radical (unpaired) electrons. The molecule has 1 rings (SSSR count). The van der Waals surface area contributed by atoms with Crippen LogP contribution in [0.25, 0.3) is 0 Å². The molecule has 0 bridgehead atoms. The molecule has 1 aromatic rings. The molecule has 1 amide bonds. The van der Waals surface area contributed by atoms with Gasteiger partial charge in [-0.1, -0.05) is 17.7 Å². The Morgan fingerprint density at radius 3 is 2.38 bits per heavy atom. The van der Waals surface area contributed by atoms with Gasteiger partial charge in [0.2, 0.25) is 5.91 Å². The summed E-state index contributed by atoms with van der Waals surface area (Å²) in [6.07, 6.45) is 0.593. The average molecular weight is 309 g/mol. The van der Waals surface area contributed by atoms with E-state index in [0.717, 1.165) is 4.90 Å². The first kappa shape index (κ1) is 17.6. The van der Waals surface area contributed by atoms with Gasteiger partial charge in [0.25, 0.3) is 0 Å². The summed E-state index contributed by atoms with van der Waals surface area (Å²) in [5.74, 6) is -0.380. The van der Waals surface area contributed by atoms with E-state index in [0.29, 0.717) is 18.7 Å². The van der Waals surface area contributed by atoms with Crippen LogP contribution in [-0.2, 0) is 9.59 Å². The summed E-state index contributed by atoms with van der Waals surface area (Å²) in [5, 5.41) is 8.67. The van der Waals surface area contributed by atoms with Crippen LogP contribution in [0.3, 0.4) is 0 Å². The van der Waals surface area contributed by atoms with Crippen LogP contribution in [0.1, 0.15) is 32.3 Å². The predicted octanol–water partition coefficient (Wildman–Crippen LogP) is 3.19. The Morgan fingerprint density at radius 1 is 1.24 bits per heavy atom. The number of aliphatic carboxylic acids is 1. The Kier molecular flexibility index (Phi) is 7.29. The lowest BCUT2D eigenvalue weighted by Gasteiger charge is -2.26. The zero-order valence-corrected chi connectivity index (χ0v) is 13.7. The second-order valence-corrected chi connectivity index (χ2v) is 6.33. The molecule has 116 valence electrons. The molecule has 0 aromatic heterocycles. The van der Waals surface area contributed by atoms with Crippen molar-refractivity contribution in [2.24, 2.45) is 0 Å². The third-order valence-corrected chi connectivity index (χ3v) is 4.11. The largest absolute Gasteiger partial charge is 0.481 e. The van der Waals surface area contributed by atoms with Crippen molar-refractivity contribution in [2.45, 2.75) is 44.6 Å². The SMILES string of the molecule is Cc1ccc(SCC(=O)N(CCCC(=O)O)C(C)C)cc1. The molecule has 4 nitrogen and oxygen atoms in total. The Bertz CT molecular complexity index is 471. The van der Waals surface area contributed by atoms with Gasteiger partial charge in [0.1, 0.15) is 0 Å². The first-order valence-corrected chi connectivity index (χ1v) is 8.09. The van der Waals surface area contributed by atoms with Crippen molar-refractivity contribution in [3.05, 3.63) is 29.8 Å². The van der Waals surface area contributed by atoms with Crippen molar-refractivity contribution in [2.75, 3.05) is 12.3 Å². The molecular weight excluding hydrogens is 286 g/mol. The van der Waals surface area contributed by atoms with Gasteiger partial charge in [-0.05, 0) is 39.3 Å². The third-order valence-electron chi connectivity index (χ3n) is 3.12. The van der Waals surface area contributed by atoms with Crippen molar-refractivity contribution >= 4 is 23.6 Å². The van der Waals surface area contributed by atoms with Crippen molar-refractivity contribution in [3.8, 4) is 0 Å². The van der Waals surface area contributed by atoms with Crippen molar-refractivity contribution in [1.29, 1.82) is 0 Å². The second kappa shape index (κ2) is 8.72. The lowest BCUT2D eigenvalue weighted by molar-refractivity contribution is -0.138. The molecule has 0 aliphatic heterocycles. The molecule has 0 saturated carbocycles. The number of benzene rings is 1. The highest BCUT2D eigenvalue weighted by Gasteiger charge is 2.17. The lowest BCUT2D eigenvalue weighted by atomic mass is 10.2. The molecule has 0 saturated heterocycles. The van der Waals surface area contributed by atoms with Gasteiger partial charge in [0.05, 0.1) is 5.75 Å². The van der Waals surface area contributed by atoms with E-state index in [9.17, 15) is 9.59 Å². The summed E-state index contributed by atoms with van der Waals surface area (Å²) < 4.78 is 0. The van der Waals surface area contributed by atoms with E-state index >= 15 is 0 Å². The fourth-order valence-electron chi connectivity index (χ4n) is 1.93. The standard InChI is InChI=1S/C16H23NO3S/c1-12(2)17(10-4-5-16(19)20)15(18)11-21-14-8-6-13(3)7-9-14/h6-9,12H,4-5,10-11H2,1-3H3,(H,19,20). The molecule has 1 aromatic carbocycles. The van der Waals surface area contributed by atoms with E-state index in [2.05, 4.69) is 0 Å². The van der Waals surface area contributed by atoms with Gasteiger partial charge in [-0.3, -0.25) is 9.59 Å². The quantitative estimate of drug-likeness (QED) is 0.749. The van der Waals surface area contributed by atoms with E-state index in [-0.39, 0.29) is 18.4 Å². The summed E-state index contributed by atoms with van der Waals surface area (Å²) in [4.78, 5) is 25.6. The maximum atomic E-state index is 12.3. The number of hydrogen-bond acceptors (Lipinski definition) is 3. The van der Waals surface area contributed by atoms with Gasteiger partial charge in [-0.2, -0.15) is 0 Å². The number of thioether (sulfide) groups is 1. The fraction of sp³-hybridized carbons (Fsp3) is 0.500. The Morgan fingerprint density at radius 2 is 1.86 bits per heavy atom. The predicted molar refractivity (Wildman–Crippen MR) is 85.6 cm³/mol. The van der Waals surface area contributed by atoms with Crippen LogP contribution in [0.5, 0.6) is 0 Å². The zero-order chi connectivity index (χ0) is 15.8. The molecule has 0 aliphatic carbocycles. The number of amides is 1. The minimum absolute atomic E-state index is 0.0564. The number of carboxylic acid groups (broad SMARTS) is 1. The van der Waals surface area contributed by atoms with Crippen molar-refractivity contribution in [1.82, 2.24) is 4.90 Å². The Hall–Kier alpha value is -1.49. The number of hydrogen-bond donors (Lipinski definition) is 1. The summed E-state index contributed by atoms with van der Waals surface area (Å²) >= 11 is 1.52. The van der Waals surface area contributed by atoms with E-state index < -0.39 is 5.97 Å². The van der Waals surface area contributed by atoms with E-state index in [1.165, 1.54) is 17.3 Å². The topological polar surface area (TPSA) is 57.6 Å². The average Bonchev–Trinajstić information content (AvgIpc) is 2.42. The molecule has 1 N–H and O–H groups in total. The van der Waals surface area contributed by atoms with Crippen molar-refractivity contribution in [3.63, 3.8) is 0 Å². The number of nitrogens with zero attached hydrogens (tertiary/aromatic N) is 1. The van der Waals surface area contributed by atoms with Gasteiger partial charge in [0, 0.05) is 23.9 Å². The molecule has 5 heteroatoms. The molecule has 0 aliphatic rings. The molecule has 21 heavy (non-hydrogen) atoms. The minimum atomic E-state index is -0.819. The van der Waals surface area contributed by atoms with E-state index in [1.807, 2.05) is 45.0 Å². The second-order valence-electron chi connectivity index (χ2n) is 5.28. The van der Waals surface area contributed by atoms with Gasteiger partial charge < -0.3 is 10.0 Å². The van der Waals surface area contributed by atoms with Crippen LogP contribution >= 0.6 is 11.8 Å². The molecule has 0 unspecified atom stereocenters. The van der Waals surface area contributed by atoms with Crippen molar-refractivity contribution < 1.29 is 14.7 Å². The highest BCUT2D eigenvalue weighted by molar-refractivity contribution is 8.00. The molecule has 0 spiro atoms. The minimum Gasteiger partial charge on any atom is -0.481 e. The summed E-state index contributed by atoms with van der Waals surface area (Å²) in [6.45, 7) is 6.43. The summed E-state index contributed by atoms with van der Waals surface area (Å²) in [5.41, 5.74) is 1.20. The maximum absolute atomic E-state index is 12.3. The molecule has 0 fully saturated rings. The Balaban J connectivity index is 2.48. The first-order valence-electron chi connectivity index (χ1n) is 7.11. The number of rotatable bonds is 8. The maximum Gasteiger partial charge on any atom is 0.303 e. The van der Waals surface area contributed by atoms with Crippen LogP contribution in [0.15, 0.2) is 29.2 Å². The van der Waals surface area contributed by atoms with Crippen LogP contribution in [-0.4, -0.2) is 40.2 Å². The van der Waals surface area contributed by atoms with E-state index in [4.69, 9.17) is 5.11 Å². The number of carbonyl (C=O) groups is 2. The number of carboxylic acids is 1. The first-order chi connectivity index (χ1) is 9.90. The molecular formula is C16H23NO3S. The van der Waals surface area contributed by atoms with Crippen LogP contribution < -0.4 is 0 Å². The third kappa shape index (κ3) is 6.67. The normalized spacial score (nSPS) is 10.7. The molecule has 0 atom stereocenters. The Labute approximate surface area is 130 Å². The summed E-state index contributed by atoms with van der Waals surface area (Å²) in [6, 6.07) is 8.17. The van der Waals surface area contributed by atoms with Gasteiger partial charge in [0.15, 0.2) is 0 Å². The van der Waals surface area contributed by atoms with Gasteiger partial charge in [-0.25, -0.2) is 0 Å². The van der Waals surface area contributed by atoms with Gasteiger partial charge in [-0.15, -0.1) is 11.8 Å². The van der Waals surface area contributed by atoms with Crippen LogP contribution in [0.4, 0.5) is 0 Å².